The van der Waals surface area contributed by atoms with Crippen molar-refractivity contribution in [2.75, 3.05) is 13.1 Å². The van der Waals surface area contributed by atoms with Gasteiger partial charge in [-0.25, -0.2) is 0 Å². The lowest BCUT2D eigenvalue weighted by atomic mass is 9.88. The van der Waals surface area contributed by atoms with Gasteiger partial charge in [0.1, 0.15) is 5.69 Å². The number of hydrogen-bond donors (Lipinski definition) is 1. The van der Waals surface area contributed by atoms with Gasteiger partial charge in [0.25, 0.3) is 5.91 Å². The lowest BCUT2D eigenvalue weighted by molar-refractivity contribution is 0.0640. The van der Waals surface area contributed by atoms with Gasteiger partial charge < -0.3 is 14.8 Å². The molecule has 0 aliphatic carbocycles. The van der Waals surface area contributed by atoms with Gasteiger partial charge >= 0.3 is 0 Å². The largest absolute Gasteiger partial charge is 0.347 e. The minimum atomic E-state index is 0.152. The Balaban J connectivity index is 1.97. The molecule has 4 heteroatoms. The summed E-state index contributed by atoms with van der Waals surface area (Å²) in [6, 6.07) is 4.30. The van der Waals surface area contributed by atoms with E-state index >= 15 is 0 Å². The van der Waals surface area contributed by atoms with E-state index in [9.17, 15) is 4.79 Å². The van der Waals surface area contributed by atoms with Gasteiger partial charge in [0, 0.05) is 37.9 Å². The number of piperidine rings is 1. The molecule has 1 saturated heterocycles. The number of amides is 1. The number of rotatable bonds is 3. The molecule has 1 aliphatic heterocycles. The zero-order chi connectivity index (χ0) is 14.0. The number of nitrogens with one attached hydrogen (secondary N) is 1. The van der Waals surface area contributed by atoms with E-state index < -0.39 is 0 Å². The van der Waals surface area contributed by atoms with Gasteiger partial charge in [-0.2, -0.15) is 0 Å². The SMILES string of the molecule is CC(C)NC1(C)CCN(C(=O)c2cccn2C)CC1. The van der Waals surface area contributed by atoms with E-state index in [0.717, 1.165) is 31.6 Å². The van der Waals surface area contributed by atoms with Gasteiger partial charge in [0.2, 0.25) is 0 Å². The van der Waals surface area contributed by atoms with Crippen molar-refractivity contribution in [1.29, 1.82) is 0 Å². The fourth-order valence-electron chi connectivity index (χ4n) is 2.89. The van der Waals surface area contributed by atoms with Crippen molar-refractivity contribution in [2.24, 2.45) is 7.05 Å². The summed E-state index contributed by atoms with van der Waals surface area (Å²) in [5.41, 5.74) is 0.944. The molecule has 2 rings (SSSR count). The summed E-state index contributed by atoms with van der Waals surface area (Å²) in [5.74, 6) is 0.152. The third-order valence-corrected chi connectivity index (χ3v) is 3.95. The van der Waals surface area contributed by atoms with Crippen molar-refractivity contribution in [2.45, 2.75) is 45.2 Å². The maximum absolute atomic E-state index is 12.4. The summed E-state index contributed by atoms with van der Waals surface area (Å²) in [7, 11) is 1.92. The lowest BCUT2D eigenvalue weighted by Gasteiger charge is -2.41. The Morgan fingerprint density at radius 2 is 2.00 bits per heavy atom. The lowest BCUT2D eigenvalue weighted by Crippen LogP contribution is -2.54. The van der Waals surface area contributed by atoms with Crippen molar-refractivity contribution in [3.05, 3.63) is 24.0 Å². The van der Waals surface area contributed by atoms with Crippen LogP contribution in [0.4, 0.5) is 0 Å². The second-order valence-corrected chi connectivity index (χ2v) is 6.16. The fourth-order valence-corrected chi connectivity index (χ4v) is 2.89. The molecule has 0 aromatic carbocycles. The molecule has 0 spiro atoms. The molecule has 1 fully saturated rings. The smallest absolute Gasteiger partial charge is 0.270 e. The standard InChI is InChI=1S/C15H25N3O/c1-12(2)16-15(3)7-10-18(11-8-15)14(19)13-6-5-9-17(13)4/h5-6,9,12,16H,7-8,10-11H2,1-4H3. The van der Waals surface area contributed by atoms with E-state index in [4.69, 9.17) is 0 Å². The number of likely N-dealkylation sites (tertiary alicyclic amines) is 1. The molecule has 106 valence electrons. The summed E-state index contributed by atoms with van der Waals surface area (Å²) in [6.07, 6.45) is 3.95. The minimum absolute atomic E-state index is 0.152. The fraction of sp³-hybridized carbons (Fsp3) is 0.667. The summed E-state index contributed by atoms with van der Waals surface area (Å²) in [4.78, 5) is 14.4. The highest BCUT2D eigenvalue weighted by atomic mass is 16.2. The highest BCUT2D eigenvalue weighted by Crippen LogP contribution is 2.23. The summed E-state index contributed by atoms with van der Waals surface area (Å²) >= 11 is 0. The van der Waals surface area contributed by atoms with Crippen molar-refractivity contribution in [1.82, 2.24) is 14.8 Å². The van der Waals surface area contributed by atoms with Crippen molar-refractivity contribution < 1.29 is 4.79 Å². The van der Waals surface area contributed by atoms with E-state index in [1.807, 2.05) is 34.8 Å². The molecule has 1 amide bonds. The topological polar surface area (TPSA) is 37.3 Å². The average Bonchev–Trinajstić information content (AvgIpc) is 2.74. The highest BCUT2D eigenvalue weighted by Gasteiger charge is 2.32. The Morgan fingerprint density at radius 3 is 2.47 bits per heavy atom. The molecule has 0 saturated carbocycles. The maximum atomic E-state index is 12.4. The molecular weight excluding hydrogens is 238 g/mol. The van der Waals surface area contributed by atoms with E-state index in [0.29, 0.717) is 6.04 Å². The molecule has 1 N–H and O–H groups in total. The predicted octanol–water partition coefficient (Wildman–Crippen LogP) is 2.02. The van der Waals surface area contributed by atoms with Crippen molar-refractivity contribution >= 4 is 5.91 Å². The Kier molecular flexibility index (Phi) is 3.99. The van der Waals surface area contributed by atoms with Crippen LogP contribution in [-0.2, 0) is 7.05 Å². The molecule has 2 heterocycles. The third kappa shape index (κ3) is 3.18. The van der Waals surface area contributed by atoms with Crippen molar-refractivity contribution in [3.63, 3.8) is 0 Å². The Morgan fingerprint density at radius 1 is 1.37 bits per heavy atom. The quantitative estimate of drug-likeness (QED) is 0.906. The molecule has 0 unspecified atom stereocenters. The molecule has 1 aliphatic rings. The van der Waals surface area contributed by atoms with Gasteiger partial charge in [-0.05, 0) is 31.9 Å². The summed E-state index contributed by atoms with van der Waals surface area (Å²) < 4.78 is 1.89. The van der Waals surface area contributed by atoms with Crippen LogP contribution in [0, 0.1) is 0 Å². The van der Waals surface area contributed by atoms with E-state index in [2.05, 4.69) is 26.1 Å². The molecular formula is C15H25N3O. The van der Waals surface area contributed by atoms with E-state index in [-0.39, 0.29) is 11.4 Å². The Bertz CT molecular complexity index is 442. The van der Waals surface area contributed by atoms with Crippen LogP contribution in [0.5, 0.6) is 0 Å². The molecule has 0 bridgehead atoms. The van der Waals surface area contributed by atoms with Crippen LogP contribution in [0.2, 0.25) is 0 Å². The van der Waals surface area contributed by atoms with Crippen LogP contribution in [0.3, 0.4) is 0 Å². The first-order chi connectivity index (χ1) is 8.91. The minimum Gasteiger partial charge on any atom is -0.347 e. The van der Waals surface area contributed by atoms with Crippen LogP contribution >= 0.6 is 0 Å². The number of carbonyl (C=O) groups is 1. The first-order valence-corrected chi connectivity index (χ1v) is 7.10. The second-order valence-electron chi connectivity index (χ2n) is 6.16. The summed E-state index contributed by atoms with van der Waals surface area (Å²) in [5, 5.41) is 3.62. The Labute approximate surface area is 115 Å². The third-order valence-electron chi connectivity index (χ3n) is 3.95. The maximum Gasteiger partial charge on any atom is 0.270 e. The highest BCUT2D eigenvalue weighted by molar-refractivity contribution is 5.92. The number of aromatic nitrogens is 1. The average molecular weight is 263 g/mol. The molecule has 0 radical (unpaired) electrons. The number of nitrogens with zero attached hydrogens (tertiary/aromatic N) is 2. The van der Waals surface area contributed by atoms with E-state index in [1.165, 1.54) is 0 Å². The van der Waals surface area contributed by atoms with Gasteiger partial charge in [0.15, 0.2) is 0 Å². The normalized spacial score (nSPS) is 18.9. The zero-order valence-corrected chi connectivity index (χ0v) is 12.4. The predicted molar refractivity (Wildman–Crippen MR) is 77.2 cm³/mol. The molecule has 19 heavy (non-hydrogen) atoms. The molecule has 0 atom stereocenters. The number of carbonyl (C=O) groups excluding carboxylic acids is 1. The molecule has 4 nitrogen and oxygen atoms in total. The zero-order valence-electron chi connectivity index (χ0n) is 12.4. The van der Waals surface area contributed by atoms with Gasteiger partial charge in [-0.15, -0.1) is 0 Å². The van der Waals surface area contributed by atoms with Gasteiger partial charge in [0.05, 0.1) is 0 Å². The number of hydrogen-bond acceptors (Lipinski definition) is 2. The van der Waals surface area contributed by atoms with Crippen LogP contribution in [0.15, 0.2) is 18.3 Å². The second kappa shape index (κ2) is 5.37. The number of aryl methyl sites for hydroxylation is 1. The van der Waals surface area contributed by atoms with E-state index in [1.54, 1.807) is 0 Å². The molecule has 1 aromatic rings. The van der Waals surface area contributed by atoms with Crippen LogP contribution in [-0.4, -0.2) is 40.0 Å². The van der Waals surface area contributed by atoms with Gasteiger partial charge in [-0.1, -0.05) is 13.8 Å². The monoisotopic (exact) mass is 263 g/mol. The Hall–Kier alpha value is -1.29. The summed E-state index contributed by atoms with van der Waals surface area (Å²) in [6.45, 7) is 8.28. The first kappa shape index (κ1) is 14.1. The van der Waals surface area contributed by atoms with Crippen LogP contribution < -0.4 is 5.32 Å². The van der Waals surface area contributed by atoms with Crippen LogP contribution in [0.1, 0.15) is 44.1 Å². The molecule has 1 aromatic heterocycles. The van der Waals surface area contributed by atoms with Crippen molar-refractivity contribution in [3.8, 4) is 0 Å². The first-order valence-electron chi connectivity index (χ1n) is 7.10. The van der Waals surface area contributed by atoms with Crippen LogP contribution in [0.25, 0.3) is 0 Å². The van der Waals surface area contributed by atoms with Gasteiger partial charge in [-0.3, -0.25) is 4.79 Å².